The van der Waals surface area contributed by atoms with Crippen LogP contribution in [0, 0.1) is 5.41 Å². The maximum Gasteiger partial charge on any atom is 0.0613 e. The fourth-order valence-electron chi connectivity index (χ4n) is 6.82. The minimum atomic E-state index is -0.293. The van der Waals surface area contributed by atoms with E-state index in [4.69, 9.17) is 5.73 Å². The highest BCUT2D eigenvalue weighted by Crippen LogP contribution is 2.39. The molecule has 4 heteroatoms. The highest BCUT2D eigenvalue weighted by Gasteiger charge is 2.29. The fourth-order valence-corrected chi connectivity index (χ4v) is 6.82. The lowest BCUT2D eigenvalue weighted by molar-refractivity contribution is 0.526. The first kappa shape index (κ1) is 28.8. The van der Waals surface area contributed by atoms with Crippen molar-refractivity contribution >= 4 is 11.4 Å². The molecule has 3 aromatic carbocycles. The van der Waals surface area contributed by atoms with Crippen molar-refractivity contribution in [1.29, 1.82) is 0 Å². The van der Waals surface area contributed by atoms with Gasteiger partial charge < -0.3 is 11.1 Å². The lowest BCUT2D eigenvalue weighted by atomic mass is 9.75. The van der Waals surface area contributed by atoms with Crippen LogP contribution in [0.4, 0.5) is 11.4 Å². The molecule has 0 saturated heterocycles. The largest absolute Gasteiger partial charge is 0.401 e. The van der Waals surface area contributed by atoms with Crippen LogP contribution < -0.4 is 21.5 Å². The van der Waals surface area contributed by atoms with E-state index in [1.165, 1.54) is 50.5 Å². The maximum absolute atomic E-state index is 6.90. The van der Waals surface area contributed by atoms with E-state index >= 15 is 0 Å². The average Bonchev–Trinajstić information content (AvgIpc) is 3.00. The van der Waals surface area contributed by atoms with Crippen LogP contribution in [0.3, 0.4) is 0 Å². The molecule has 0 fully saturated rings. The second-order valence-corrected chi connectivity index (χ2v) is 12.6. The van der Waals surface area contributed by atoms with Crippen LogP contribution in [0.1, 0.15) is 55.9 Å². The van der Waals surface area contributed by atoms with E-state index in [1.807, 2.05) is 6.08 Å². The Bertz CT molecular complexity index is 1610. The summed E-state index contributed by atoms with van der Waals surface area (Å²) in [6.45, 7) is 11.5. The minimum Gasteiger partial charge on any atom is -0.401 e. The Morgan fingerprint density at radius 2 is 1.58 bits per heavy atom. The van der Waals surface area contributed by atoms with E-state index in [1.54, 1.807) is 0 Å². The molecule has 0 spiro atoms. The molecule has 0 amide bonds. The summed E-state index contributed by atoms with van der Waals surface area (Å²) in [7, 11) is 0. The molecule has 0 radical (unpaired) electrons. The molecular weight excluding hydrogens is 524 g/mol. The van der Waals surface area contributed by atoms with Gasteiger partial charge in [-0.2, -0.15) is 0 Å². The average molecular weight is 569 g/mol. The van der Waals surface area contributed by atoms with Crippen molar-refractivity contribution in [1.82, 2.24) is 10.7 Å². The van der Waals surface area contributed by atoms with Crippen LogP contribution in [0.15, 0.2) is 132 Å². The Morgan fingerprint density at radius 1 is 0.953 bits per heavy atom. The van der Waals surface area contributed by atoms with Gasteiger partial charge in [0, 0.05) is 29.3 Å². The molecular formula is C39H44N4. The summed E-state index contributed by atoms with van der Waals surface area (Å²) in [5.41, 5.74) is 24.0. The number of rotatable bonds is 7. The molecule has 1 aliphatic carbocycles. The molecule has 1 unspecified atom stereocenters. The fraction of sp³-hybridized carbons (Fsp3) is 0.282. The zero-order chi connectivity index (χ0) is 30.0. The molecule has 2 aliphatic heterocycles. The van der Waals surface area contributed by atoms with Crippen LogP contribution in [0.2, 0.25) is 0 Å². The van der Waals surface area contributed by atoms with Crippen LogP contribution in [0.25, 0.3) is 0 Å². The van der Waals surface area contributed by atoms with Crippen molar-refractivity contribution in [3.05, 3.63) is 154 Å². The number of nitrogens with two attached hydrogens (primary N) is 1. The zero-order valence-electron chi connectivity index (χ0n) is 25.8. The van der Waals surface area contributed by atoms with Crippen LogP contribution >= 0.6 is 0 Å². The Morgan fingerprint density at radius 3 is 2.26 bits per heavy atom. The number of fused-ring (bicyclic) bond motifs is 3. The predicted octanol–water partition coefficient (Wildman–Crippen LogP) is 7.97. The molecule has 1 atom stereocenters. The number of benzene rings is 3. The second kappa shape index (κ2) is 12.1. The normalized spacial score (nSPS) is 18.7. The van der Waals surface area contributed by atoms with Gasteiger partial charge in [-0.3, -0.25) is 5.01 Å². The molecule has 4 nitrogen and oxygen atoms in total. The van der Waals surface area contributed by atoms with Gasteiger partial charge in [0.25, 0.3) is 0 Å². The van der Waals surface area contributed by atoms with E-state index in [-0.39, 0.29) is 11.5 Å². The molecule has 0 aromatic heterocycles. The van der Waals surface area contributed by atoms with Crippen molar-refractivity contribution in [3.8, 4) is 0 Å². The number of nitrogens with one attached hydrogen (secondary N) is 2. The number of hydrazine groups is 1. The van der Waals surface area contributed by atoms with Crippen molar-refractivity contribution < 1.29 is 0 Å². The molecule has 0 bridgehead atoms. The smallest absolute Gasteiger partial charge is 0.0613 e. The third kappa shape index (κ3) is 5.85. The van der Waals surface area contributed by atoms with Gasteiger partial charge >= 0.3 is 0 Å². The molecule has 4 N–H and O–H groups in total. The standard InChI is InChI=1S/C39H44N4/c1-5-34(35(40)26-41-43-37-20-12-9-17-31(37)24-32-18-10-13-21-38(32)43)39(3,4)27(2)22-33-25-29-15-7-6-14-28(29)23-30-16-8-11-19-36(30)42-33/h5-10,12-18,20-22,33,41-42H,1,11,19,23-26,40H2,2-4H3/b27-22+,35-34-. The van der Waals surface area contributed by atoms with E-state index in [0.717, 1.165) is 43.4 Å². The number of hydrogen-bond acceptors (Lipinski definition) is 4. The van der Waals surface area contributed by atoms with Gasteiger partial charge in [-0.05, 0) is 78.1 Å². The first-order valence-corrected chi connectivity index (χ1v) is 15.6. The highest BCUT2D eigenvalue weighted by molar-refractivity contribution is 5.73. The van der Waals surface area contributed by atoms with Gasteiger partial charge in [0.2, 0.25) is 0 Å². The van der Waals surface area contributed by atoms with E-state index in [0.29, 0.717) is 6.54 Å². The van der Waals surface area contributed by atoms with Gasteiger partial charge in [0.15, 0.2) is 0 Å². The number of hydrogen-bond donors (Lipinski definition) is 3. The lowest BCUT2D eigenvalue weighted by Gasteiger charge is -2.35. The van der Waals surface area contributed by atoms with Crippen molar-refractivity contribution in [2.45, 2.75) is 58.9 Å². The summed E-state index contributed by atoms with van der Waals surface area (Å²) in [5, 5.41) is 6.13. The quantitative estimate of drug-likeness (QED) is 0.200. The molecule has 43 heavy (non-hydrogen) atoms. The monoisotopic (exact) mass is 568 g/mol. The summed E-state index contributed by atoms with van der Waals surface area (Å²) in [5.74, 6) is 0. The van der Waals surface area contributed by atoms with Crippen LogP contribution in [-0.4, -0.2) is 12.6 Å². The van der Waals surface area contributed by atoms with Gasteiger partial charge in [0.1, 0.15) is 0 Å². The van der Waals surface area contributed by atoms with Gasteiger partial charge in [-0.15, -0.1) is 0 Å². The van der Waals surface area contributed by atoms with E-state index in [2.05, 4.69) is 134 Å². The lowest BCUT2D eigenvalue weighted by Crippen LogP contribution is -2.40. The third-order valence-corrected chi connectivity index (χ3v) is 9.50. The summed E-state index contributed by atoms with van der Waals surface area (Å²) in [4.78, 5) is 0. The molecule has 0 saturated carbocycles. The highest BCUT2D eigenvalue weighted by atomic mass is 15.5. The Labute approximate surface area is 257 Å². The Balaban J connectivity index is 1.27. The van der Waals surface area contributed by atoms with Gasteiger partial charge in [-0.25, -0.2) is 5.43 Å². The van der Waals surface area contributed by atoms with Gasteiger partial charge in [0.05, 0.1) is 17.9 Å². The van der Waals surface area contributed by atoms with Crippen molar-refractivity contribution in [2.75, 3.05) is 11.6 Å². The first-order chi connectivity index (χ1) is 20.8. The Kier molecular flexibility index (Phi) is 8.14. The zero-order valence-corrected chi connectivity index (χ0v) is 25.8. The van der Waals surface area contributed by atoms with Crippen molar-refractivity contribution in [2.24, 2.45) is 11.1 Å². The summed E-state index contributed by atoms with van der Waals surface area (Å²) in [6.07, 6.45) is 14.0. The number of anilines is 2. The predicted molar refractivity (Wildman–Crippen MR) is 181 cm³/mol. The van der Waals surface area contributed by atoms with Crippen molar-refractivity contribution in [3.63, 3.8) is 0 Å². The molecule has 2 heterocycles. The third-order valence-electron chi connectivity index (χ3n) is 9.50. The molecule has 3 aliphatic rings. The molecule has 3 aromatic rings. The van der Waals surface area contributed by atoms with Gasteiger partial charge in [-0.1, -0.05) is 111 Å². The topological polar surface area (TPSA) is 53.3 Å². The van der Waals surface area contributed by atoms with E-state index < -0.39 is 0 Å². The van der Waals surface area contributed by atoms with E-state index in [9.17, 15) is 0 Å². The number of para-hydroxylation sites is 2. The summed E-state index contributed by atoms with van der Waals surface area (Å²) in [6, 6.07) is 26.3. The number of allylic oxidation sites excluding steroid dienone is 7. The molecule has 6 rings (SSSR count). The summed E-state index contributed by atoms with van der Waals surface area (Å²) >= 11 is 0. The second-order valence-electron chi connectivity index (χ2n) is 12.6. The maximum atomic E-state index is 6.90. The SMILES string of the molecule is C=C/C(=C(/N)CNN1c2ccccc2Cc2ccccc21)C(C)(C)/C(C)=C/C1Cc2ccccc2CC2=C(CCC=C2)N1. The summed E-state index contributed by atoms with van der Waals surface area (Å²) < 4.78 is 0. The van der Waals surface area contributed by atoms with Crippen LogP contribution in [-0.2, 0) is 19.3 Å². The minimum absolute atomic E-state index is 0.198. The molecule has 220 valence electrons. The van der Waals surface area contributed by atoms with Crippen LogP contribution in [0.5, 0.6) is 0 Å². The first-order valence-electron chi connectivity index (χ1n) is 15.6. The Hall–Kier alpha value is -4.28. The number of nitrogens with zero attached hydrogens (tertiary/aromatic N) is 1.